The average molecular weight is 399 g/mol. The summed E-state index contributed by atoms with van der Waals surface area (Å²) in [5, 5.41) is 10.8. The zero-order chi connectivity index (χ0) is 20.7. The van der Waals surface area contributed by atoms with Crippen LogP contribution >= 0.6 is 0 Å². The molecule has 1 N–H and O–H groups in total. The van der Waals surface area contributed by atoms with E-state index in [-0.39, 0.29) is 12.0 Å². The molecule has 2 fully saturated rings. The topological polar surface area (TPSA) is 32.7 Å². The summed E-state index contributed by atoms with van der Waals surface area (Å²) in [5.41, 5.74) is -2.53. The highest BCUT2D eigenvalue weighted by Crippen LogP contribution is 2.50. The molecule has 158 valence electrons. The van der Waals surface area contributed by atoms with Crippen molar-refractivity contribution in [1.29, 1.82) is 0 Å². The van der Waals surface area contributed by atoms with Crippen LogP contribution in [0.4, 0.5) is 13.2 Å². The largest absolute Gasteiger partial charge is 0.421 e. The van der Waals surface area contributed by atoms with Crippen molar-refractivity contribution in [1.82, 2.24) is 4.90 Å². The molecule has 2 aliphatic rings. The monoisotopic (exact) mass is 399 g/mol. The highest BCUT2D eigenvalue weighted by atomic mass is 19.4. The van der Waals surface area contributed by atoms with Crippen LogP contribution in [0.25, 0.3) is 0 Å². The van der Waals surface area contributed by atoms with Crippen LogP contribution in [0.1, 0.15) is 58.9 Å². The number of rotatable bonds is 4. The van der Waals surface area contributed by atoms with Gasteiger partial charge in [-0.25, -0.2) is 0 Å². The highest BCUT2D eigenvalue weighted by molar-refractivity contribution is 5.17. The minimum absolute atomic E-state index is 0.137. The smallest absolute Gasteiger partial charge is 0.377 e. The molecule has 1 heterocycles. The minimum atomic E-state index is -4.77. The maximum atomic E-state index is 14.0. The molecule has 1 saturated heterocycles. The first-order valence-electron chi connectivity index (χ1n) is 10.3. The number of fused-ring (bicyclic) bond motifs is 1. The van der Waals surface area contributed by atoms with Crippen molar-refractivity contribution in [2.24, 2.45) is 11.8 Å². The number of nitrogens with zero attached hydrogens (tertiary/aromatic N) is 1. The lowest BCUT2D eigenvalue weighted by atomic mass is 9.69. The first-order chi connectivity index (χ1) is 13.0. The molecular weight excluding hydrogens is 367 g/mol. The summed E-state index contributed by atoms with van der Waals surface area (Å²) < 4.78 is 48.1. The van der Waals surface area contributed by atoms with Gasteiger partial charge < -0.3 is 9.84 Å². The molecule has 4 unspecified atom stereocenters. The van der Waals surface area contributed by atoms with Crippen LogP contribution in [-0.2, 0) is 11.3 Å². The Bertz CT molecular complexity index is 663. The molecule has 28 heavy (non-hydrogen) atoms. The number of benzene rings is 1. The number of hydrogen-bond acceptors (Lipinski definition) is 3. The normalized spacial score (nSPS) is 33.1. The lowest BCUT2D eigenvalue weighted by molar-refractivity contribution is -0.360. The molecule has 1 aliphatic carbocycles. The second-order valence-corrected chi connectivity index (χ2v) is 9.09. The van der Waals surface area contributed by atoms with Crippen LogP contribution in [0, 0.1) is 11.8 Å². The minimum Gasteiger partial charge on any atom is -0.377 e. The molecule has 1 saturated carbocycles. The number of aliphatic hydroxyl groups is 1. The van der Waals surface area contributed by atoms with Gasteiger partial charge in [0.25, 0.3) is 0 Å². The Labute approximate surface area is 165 Å². The van der Waals surface area contributed by atoms with Crippen LogP contribution in [0.2, 0.25) is 0 Å². The van der Waals surface area contributed by atoms with Crippen molar-refractivity contribution < 1.29 is 23.0 Å². The van der Waals surface area contributed by atoms with Gasteiger partial charge in [0.2, 0.25) is 0 Å². The molecule has 0 spiro atoms. The summed E-state index contributed by atoms with van der Waals surface area (Å²) in [6.07, 6.45) is -4.21. The van der Waals surface area contributed by atoms with Gasteiger partial charge in [-0.1, -0.05) is 50.6 Å². The Morgan fingerprint density at radius 3 is 2.39 bits per heavy atom. The highest BCUT2D eigenvalue weighted by Gasteiger charge is 2.64. The zero-order valence-electron chi connectivity index (χ0n) is 17.2. The summed E-state index contributed by atoms with van der Waals surface area (Å²) in [4.78, 5) is 1.75. The van der Waals surface area contributed by atoms with E-state index in [0.717, 1.165) is 24.8 Å². The van der Waals surface area contributed by atoms with Gasteiger partial charge in [-0.15, -0.1) is 0 Å². The molecule has 1 aliphatic heterocycles. The molecule has 3 rings (SSSR count). The fourth-order valence-corrected chi connectivity index (χ4v) is 4.99. The fourth-order valence-electron chi connectivity index (χ4n) is 4.99. The molecule has 5 atom stereocenters. The molecule has 0 bridgehead atoms. The van der Waals surface area contributed by atoms with Gasteiger partial charge in [-0.2, -0.15) is 13.2 Å². The summed E-state index contributed by atoms with van der Waals surface area (Å²) in [6, 6.07) is 9.45. The van der Waals surface area contributed by atoms with E-state index < -0.39 is 30.0 Å². The number of halogens is 3. The lowest BCUT2D eigenvalue weighted by Gasteiger charge is -2.60. The van der Waals surface area contributed by atoms with E-state index in [1.54, 1.807) is 4.90 Å². The Morgan fingerprint density at radius 1 is 1.18 bits per heavy atom. The molecule has 1 aromatic carbocycles. The summed E-state index contributed by atoms with van der Waals surface area (Å²) in [7, 11) is 0. The van der Waals surface area contributed by atoms with Crippen molar-refractivity contribution >= 4 is 0 Å². The van der Waals surface area contributed by atoms with Gasteiger partial charge in [0.1, 0.15) is 6.23 Å². The van der Waals surface area contributed by atoms with Crippen LogP contribution in [0.3, 0.4) is 0 Å². The van der Waals surface area contributed by atoms with Crippen molar-refractivity contribution in [2.75, 3.05) is 0 Å². The maximum Gasteiger partial charge on any atom is 0.421 e. The molecule has 6 heteroatoms. The number of alkyl halides is 3. The Balaban J connectivity index is 2.04. The molecule has 3 nitrogen and oxygen atoms in total. The number of ether oxygens (including phenoxy) is 1. The van der Waals surface area contributed by atoms with Crippen LogP contribution in [0.5, 0.6) is 0 Å². The summed E-state index contributed by atoms with van der Waals surface area (Å²) in [5.74, 6) is 0.553. The second kappa shape index (κ2) is 7.62. The third-order valence-corrected chi connectivity index (χ3v) is 6.92. The third-order valence-electron chi connectivity index (χ3n) is 6.92. The van der Waals surface area contributed by atoms with E-state index in [1.807, 2.05) is 44.2 Å². The Morgan fingerprint density at radius 2 is 1.82 bits per heavy atom. The average Bonchev–Trinajstić information content (AvgIpc) is 2.62. The standard InChI is InChI=1S/C22H32F3NO2/c1-5-21(27,22(23,24)25)19-26(14-16-9-7-6-8-10-16)20(3,4)17-12-11-15(2)13-18(17)28-19/h6-10,15,17-19,27H,5,11-14H2,1-4H3/t15?,17?,18?,19?,21-/m0/s1. The second-order valence-electron chi connectivity index (χ2n) is 9.09. The van der Waals surface area contributed by atoms with E-state index >= 15 is 0 Å². The van der Waals surface area contributed by atoms with E-state index in [1.165, 1.54) is 6.92 Å². The summed E-state index contributed by atoms with van der Waals surface area (Å²) in [6.45, 7) is 7.81. The van der Waals surface area contributed by atoms with E-state index in [2.05, 4.69) is 6.92 Å². The van der Waals surface area contributed by atoms with Gasteiger partial charge in [0.15, 0.2) is 5.60 Å². The molecule has 0 radical (unpaired) electrons. The van der Waals surface area contributed by atoms with E-state index in [9.17, 15) is 18.3 Å². The van der Waals surface area contributed by atoms with Crippen molar-refractivity contribution in [3.05, 3.63) is 35.9 Å². The molecular formula is C22H32F3NO2. The zero-order valence-corrected chi connectivity index (χ0v) is 17.2. The van der Waals surface area contributed by atoms with Crippen molar-refractivity contribution in [3.8, 4) is 0 Å². The van der Waals surface area contributed by atoms with Crippen molar-refractivity contribution in [2.45, 2.75) is 89.6 Å². The van der Waals surface area contributed by atoms with Crippen LogP contribution < -0.4 is 0 Å². The third kappa shape index (κ3) is 3.71. The van der Waals surface area contributed by atoms with E-state index in [0.29, 0.717) is 12.5 Å². The van der Waals surface area contributed by atoms with Crippen LogP contribution in [0.15, 0.2) is 30.3 Å². The van der Waals surface area contributed by atoms with Gasteiger partial charge >= 0.3 is 6.18 Å². The van der Waals surface area contributed by atoms with Crippen LogP contribution in [-0.4, -0.2) is 39.7 Å². The van der Waals surface area contributed by atoms with Gasteiger partial charge in [0.05, 0.1) is 6.10 Å². The van der Waals surface area contributed by atoms with Crippen molar-refractivity contribution in [3.63, 3.8) is 0 Å². The summed E-state index contributed by atoms with van der Waals surface area (Å²) >= 11 is 0. The molecule has 0 amide bonds. The Kier molecular flexibility index (Phi) is 5.87. The lowest BCUT2D eigenvalue weighted by Crippen LogP contribution is -2.72. The Hall–Kier alpha value is -1.11. The number of hydrogen-bond donors (Lipinski definition) is 1. The molecule has 0 aromatic heterocycles. The first-order valence-corrected chi connectivity index (χ1v) is 10.3. The molecule has 1 aromatic rings. The first kappa shape index (κ1) is 21.6. The van der Waals surface area contributed by atoms with Gasteiger partial charge in [-0.3, -0.25) is 4.90 Å². The quantitative estimate of drug-likeness (QED) is 0.762. The fraction of sp³-hybridized carbons (Fsp3) is 0.727. The predicted octanol–water partition coefficient (Wildman–Crippen LogP) is 5.13. The maximum absolute atomic E-state index is 14.0. The van der Waals surface area contributed by atoms with Gasteiger partial charge in [0, 0.05) is 18.0 Å². The predicted molar refractivity (Wildman–Crippen MR) is 103 cm³/mol. The van der Waals surface area contributed by atoms with Gasteiger partial charge in [-0.05, 0) is 44.6 Å². The van der Waals surface area contributed by atoms with E-state index in [4.69, 9.17) is 4.74 Å². The SMILES string of the molecule is CC[C@](O)(C1OC2CC(C)CCC2C(C)(C)N1Cc1ccccc1)C(F)(F)F.